The van der Waals surface area contributed by atoms with Gasteiger partial charge in [-0.3, -0.25) is 4.79 Å². The minimum Gasteiger partial charge on any atom is -0.493 e. The van der Waals surface area contributed by atoms with E-state index in [0.717, 1.165) is 5.56 Å². The third-order valence-corrected chi connectivity index (χ3v) is 4.81. The van der Waals surface area contributed by atoms with Crippen molar-refractivity contribution in [2.75, 3.05) is 33.3 Å². The van der Waals surface area contributed by atoms with Gasteiger partial charge >= 0.3 is 5.97 Å². The van der Waals surface area contributed by atoms with E-state index < -0.39 is 18.5 Å². The molecule has 2 aromatic rings. The topological polar surface area (TPSA) is 83.1 Å². The monoisotopic (exact) mass is 471 g/mol. The first-order valence-electron chi connectivity index (χ1n) is 8.04. The van der Waals surface area contributed by atoms with Crippen molar-refractivity contribution in [2.45, 2.75) is 6.92 Å². The molecule has 0 aliphatic heterocycles. The molecule has 9 heteroatoms. The van der Waals surface area contributed by atoms with Crippen LogP contribution < -0.4 is 19.5 Å². The average molecular weight is 473 g/mol. The number of carbonyl (C=O) groups excluding carboxylic acids is 2. The molecule has 0 saturated heterocycles. The number of anilines is 1. The van der Waals surface area contributed by atoms with Crippen LogP contribution in [0.1, 0.15) is 15.9 Å². The minimum atomic E-state index is -0.728. The molecule has 150 valence electrons. The van der Waals surface area contributed by atoms with E-state index in [1.807, 2.05) is 0 Å². The molecule has 1 N–H and O–H groups in total. The molecule has 0 bridgehead atoms. The summed E-state index contributed by atoms with van der Waals surface area (Å²) in [6.07, 6.45) is 0. The van der Waals surface area contributed by atoms with Gasteiger partial charge in [-0.15, -0.1) is 0 Å². The number of amides is 1. The Bertz CT molecular complexity index is 902. The van der Waals surface area contributed by atoms with E-state index in [1.54, 1.807) is 25.1 Å². The lowest BCUT2D eigenvalue weighted by Crippen LogP contribution is -2.21. The Kier molecular flexibility index (Phi) is 7.53. The summed E-state index contributed by atoms with van der Waals surface area (Å²) in [5.41, 5.74) is 1.50. The van der Waals surface area contributed by atoms with Crippen LogP contribution in [-0.2, 0) is 9.53 Å². The number of nitrogens with one attached hydrogen (secondary N) is 1. The fraction of sp³-hybridized carbons (Fsp3) is 0.263. The molecule has 0 aliphatic carbocycles. The molecule has 0 aromatic heterocycles. The van der Waals surface area contributed by atoms with E-state index in [4.69, 9.17) is 30.5 Å². The zero-order valence-electron chi connectivity index (χ0n) is 15.7. The van der Waals surface area contributed by atoms with Crippen molar-refractivity contribution in [3.63, 3.8) is 0 Å². The maximum absolute atomic E-state index is 12.5. The van der Waals surface area contributed by atoms with Crippen LogP contribution in [0, 0.1) is 6.92 Å². The molecule has 28 heavy (non-hydrogen) atoms. The molecule has 0 unspecified atom stereocenters. The van der Waals surface area contributed by atoms with Crippen molar-refractivity contribution in [3.05, 3.63) is 44.9 Å². The Labute approximate surface area is 176 Å². The van der Waals surface area contributed by atoms with Gasteiger partial charge in [0, 0.05) is 10.7 Å². The van der Waals surface area contributed by atoms with Crippen molar-refractivity contribution in [2.24, 2.45) is 0 Å². The molecule has 0 aliphatic rings. The fourth-order valence-electron chi connectivity index (χ4n) is 2.43. The Morgan fingerprint density at radius 3 is 2.32 bits per heavy atom. The standard InChI is InChI=1S/C19H19BrClNO6/c1-10-7-11(21)5-6-13(10)22-15(23)9-28-19(24)12-8-14(25-2)17(26-3)18(27-4)16(12)20/h5-8H,9H2,1-4H3,(H,22,23). The quantitative estimate of drug-likeness (QED) is 0.607. The number of carbonyl (C=O) groups is 2. The van der Waals surface area contributed by atoms with Gasteiger partial charge in [0.1, 0.15) is 0 Å². The highest BCUT2D eigenvalue weighted by Gasteiger charge is 2.24. The van der Waals surface area contributed by atoms with E-state index in [2.05, 4.69) is 21.2 Å². The van der Waals surface area contributed by atoms with Crippen LogP contribution >= 0.6 is 27.5 Å². The van der Waals surface area contributed by atoms with Crippen molar-refractivity contribution >= 4 is 45.1 Å². The van der Waals surface area contributed by atoms with E-state index in [-0.39, 0.29) is 17.1 Å². The zero-order chi connectivity index (χ0) is 20.8. The second-order valence-corrected chi connectivity index (χ2v) is 6.82. The Hall–Kier alpha value is -2.45. The van der Waals surface area contributed by atoms with Crippen LogP contribution in [0.4, 0.5) is 5.69 Å². The summed E-state index contributed by atoms with van der Waals surface area (Å²) in [5.74, 6) is -0.327. The van der Waals surface area contributed by atoms with E-state index in [1.165, 1.54) is 27.4 Å². The summed E-state index contributed by atoms with van der Waals surface area (Å²) in [6.45, 7) is 1.34. The number of hydrogen-bond donors (Lipinski definition) is 1. The van der Waals surface area contributed by atoms with Crippen LogP contribution in [0.25, 0.3) is 0 Å². The summed E-state index contributed by atoms with van der Waals surface area (Å²) < 4.78 is 21.2. The summed E-state index contributed by atoms with van der Waals surface area (Å²) in [6, 6.07) is 6.49. The largest absolute Gasteiger partial charge is 0.493 e. The zero-order valence-corrected chi connectivity index (χ0v) is 18.1. The molecule has 0 atom stereocenters. The lowest BCUT2D eigenvalue weighted by molar-refractivity contribution is -0.119. The Morgan fingerprint density at radius 1 is 1.07 bits per heavy atom. The van der Waals surface area contributed by atoms with Gasteiger partial charge in [0.15, 0.2) is 18.1 Å². The molecule has 1 amide bonds. The highest BCUT2D eigenvalue weighted by Crippen LogP contribution is 2.44. The molecule has 2 rings (SSSR count). The molecule has 0 heterocycles. The van der Waals surface area contributed by atoms with E-state index >= 15 is 0 Å². The van der Waals surface area contributed by atoms with Gasteiger partial charge < -0.3 is 24.3 Å². The normalized spacial score (nSPS) is 10.2. The SMILES string of the molecule is COc1cc(C(=O)OCC(=O)Nc2ccc(Cl)cc2C)c(Br)c(OC)c1OC. The van der Waals surface area contributed by atoms with E-state index in [0.29, 0.717) is 20.9 Å². The molecular weight excluding hydrogens is 454 g/mol. The molecule has 2 aromatic carbocycles. The molecule has 0 radical (unpaired) electrons. The lowest BCUT2D eigenvalue weighted by Gasteiger charge is -2.16. The van der Waals surface area contributed by atoms with Crippen LogP contribution in [-0.4, -0.2) is 39.8 Å². The Balaban J connectivity index is 2.13. The van der Waals surface area contributed by atoms with Crippen molar-refractivity contribution in [1.29, 1.82) is 0 Å². The smallest absolute Gasteiger partial charge is 0.340 e. The Morgan fingerprint density at radius 2 is 1.75 bits per heavy atom. The predicted molar refractivity (Wildman–Crippen MR) is 109 cm³/mol. The molecule has 7 nitrogen and oxygen atoms in total. The van der Waals surface area contributed by atoms with E-state index in [9.17, 15) is 9.59 Å². The second-order valence-electron chi connectivity index (χ2n) is 5.59. The predicted octanol–water partition coefficient (Wildman–Crippen LogP) is 4.23. The third-order valence-electron chi connectivity index (χ3n) is 3.79. The maximum Gasteiger partial charge on any atom is 0.340 e. The summed E-state index contributed by atoms with van der Waals surface area (Å²) in [7, 11) is 4.31. The third kappa shape index (κ3) is 4.88. The number of halogens is 2. The highest BCUT2D eigenvalue weighted by molar-refractivity contribution is 9.10. The number of hydrogen-bond acceptors (Lipinski definition) is 6. The van der Waals surface area contributed by atoms with Crippen LogP contribution in [0.3, 0.4) is 0 Å². The summed E-state index contributed by atoms with van der Waals surface area (Å²) in [5, 5.41) is 3.23. The molecular formula is C19H19BrClNO6. The lowest BCUT2D eigenvalue weighted by atomic mass is 10.2. The minimum absolute atomic E-state index is 0.130. The highest BCUT2D eigenvalue weighted by atomic mass is 79.9. The molecule has 0 saturated carbocycles. The van der Waals surface area contributed by atoms with Gasteiger partial charge in [0.05, 0.1) is 31.4 Å². The van der Waals surface area contributed by atoms with Crippen LogP contribution in [0.15, 0.2) is 28.7 Å². The average Bonchev–Trinajstić information content (AvgIpc) is 2.67. The van der Waals surface area contributed by atoms with Crippen LogP contribution in [0.5, 0.6) is 17.2 Å². The van der Waals surface area contributed by atoms with Gasteiger partial charge in [0.25, 0.3) is 5.91 Å². The summed E-state index contributed by atoms with van der Waals surface area (Å²) >= 11 is 9.19. The number of esters is 1. The van der Waals surface area contributed by atoms with Crippen LogP contribution in [0.2, 0.25) is 5.02 Å². The number of benzene rings is 2. The summed E-state index contributed by atoms with van der Waals surface area (Å²) in [4.78, 5) is 24.6. The number of ether oxygens (including phenoxy) is 4. The van der Waals surface area contributed by atoms with Crippen molar-refractivity contribution in [1.82, 2.24) is 0 Å². The van der Waals surface area contributed by atoms with Gasteiger partial charge in [-0.2, -0.15) is 0 Å². The van der Waals surface area contributed by atoms with Gasteiger partial charge in [0.2, 0.25) is 5.75 Å². The van der Waals surface area contributed by atoms with Crippen molar-refractivity contribution in [3.8, 4) is 17.2 Å². The first-order chi connectivity index (χ1) is 13.3. The maximum atomic E-state index is 12.5. The van der Waals surface area contributed by atoms with Gasteiger partial charge in [-0.25, -0.2) is 4.79 Å². The first kappa shape index (κ1) is 21.8. The number of methoxy groups -OCH3 is 3. The number of rotatable bonds is 7. The van der Waals surface area contributed by atoms with Crippen molar-refractivity contribution < 1.29 is 28.5 Å². The fourth-order valence-corrected chi connectivity index (χ4v) is 3.28. The molecule has 0 fully saturated rings. The first-order valence-corrected chi connectivity index (χ1v) is 9.21. The van der Waals surface area contributed by atoms with Gasteiger partial charge in [-0.1, -0.05) is 11.6 Å². The second kappa shape index (κ2) is 9.66. The number of aryl methyl sites for hydroxylation is 1. The van der Waals surface area contributed by atoms with Gasteiger partial charge in [-0.05, 0) is 52.7 Å². The molecule has 0 spiro atoms.